The number of aliphatic hydroxyl groups excluding tert-OH is 23. The van der Waals surface area contributed by atoms with E-state index in [0.717, 1.165) is 41.5 Å². The molecule has 118 heavy (non-hydrogen) atoms. The molecule has 29 N–H and O–H groups in total. The second-order valence-corrected chi connectivity index (χ2v) is 29.6. The lowest BCUT2D eigenvalue weighted by molar-refractivity contribution is -0.387. The SMILES string of the molecule is CC(=O)N[C@H]1[C@H](O[C@H]2[C@@H](O)[C@@H](CO)O[C@@H](O[C@H]3[C@H](O)[C@@H](NC(C)=O)[C@H](O[C@H]4[C@@H](O)[C@@H](CO)O[C@@H](O[C@H]5[C@@H](O)[C@@H](CO[C@@H]6O[C@H](CO)[C@@H](O[C@@H]7O[C@H](CO)[C@H](O)[C@H](O)[C@H]7NC(C)=O)[C@H](O)[C@H]6NC(C)=O)OC(O)[C@@H]5NC(C)=O)[C@@H]4O)O[C@@H]3CO)[C@@H]2O)O[C@H](CO)[C@@H](O[C@@H]2O[C@H](CO)[C@H](O)[C@H](O[C@@H]3O[C@H](CO)[C@@H](O)[C@H](O)[C@H]3NC(C)=O)[C@H]2O)[C@@H]1O. The summed E-state index contributed by atoms with van der Waals surface area (Å²) in [6.45, 7) is -3.42. The van der Waals surface area contributed by atoms with E-state index in [9.17, 15) is 146 Å². The highest BCUT2D eigenvalue weighted by Gasteiger charge is 2.61. The number of rotatable bonds is 31. The van der Waals surface area contributed by atoms with Crippen molar-refractivity contribution in [3.8, 4) is 0 Å². The van der Waals surface area contributed by atoms with Crippen LogP contribution in [0.3, 0.4) is 0 Å². The summed E-state index contributed by atoms with van der Waals surface area (Å²) in [5.74, 6) is -5.15. The maximum atomic E-state index is 13.0. The number of amides is 6. The average molecular weight is 1720 g/mol. The molecule has 45 atom stereocenters. The minimum absolute atomic E-state index is 0.751. The topological polar surface area (TPSA) is 797 Å². The largest absolute Gasteiger partial charge is 0.394 e. The van der Waals surface area contributed by atoms with Crippen LogP contribution in [0.5, 0.6) is 0 Å². The Bertz CT molecular complexity index is 3230. The van der Waals surface area contributed by atoms with E-state index in [1.807, 2.05) is 0 Å². The van der Waals surface area contributed by atoms with Crippen molar-refractivity contribution in [3.63, 3.8) is 0 Å². The number of carbonyl (C=O) groups excluding carboxylic acids is 6. The molecule has 9 aliphatic rings. The van der Waals surface area contributed by atoms with Crippen molar-refractivity contribution in [2.24, 2.45) is 0 Å². The summed E-state index contributed by atoms with van der Waals surface area (Å²) in [4.78, 5) is 75.7. The summed E-state index contributed by atoms with van der Waals surface area (Å²) in [6.07, 6.45) is -77.6. The van der Waals surface area contributed by atoms with Crippen molar-refractivity contribution in [2.75, 3.05) is 59.5 Å². The highest BCUT2D eigenvalue weighted by molar-refractivity contribution is 5.75. The third-order valence-electron chi connectivity index (χ3n) is 21.2. The Kier molecular flexibility index (Phi) is 35.1. The predicted molar refractivity (Wildman–Crippen MR) is 367 cm³/mol. The highest BCUT2D eigenvalue weighted by atomic mass is 16.8. The summed E-state index contributed by atoms with van der Waals surface area (Å²) < 4.78 is 100. The van der Waals surface area contributed by atoms with E-state index in [1.165, 1.54) is 0 Å². The Morgan fingerprint density at radius 3 is 0.720 bits per heavy atom. The van der Waals surface area contributed by atoms with E-state index in [4.69, 9.17) is 80.5 Å². The van der Waals surface area contributed by atoms with E-state index in [-0.39, 0.29) is 0 Å². The van der Waals surface area contributed by atoms with Gasteiger partial charge in [0.25, 0.3) is 0 Å². The molecule has 9 saturated heterocycles. The van der Waals surface area contributed by atoms with Gasteiger partial charge in [-0.05, 0) is 0 Å². The van der Waals surface area contributed by atoms with E-state index in [2.05, 4.69) is 31.9 Å². The fraction of sp³-hybridized carbons (Fsp3) is 0.909. The molecule has 0 spiro atoms. The molecule has 52 heteroatoms. The third kappa shape index (κ3) is 21.9. The molecule has 680 valence electrons. The van der Waals surface area contributed by atoms with Gasteiger partial charge in [-0.3, -0.25) is 28.8 Å². The monoisotopic (exact) mass is 1720 g/mol. The van der Waals surface area contributed by atoms with E-state index >= 15 is 0 Å². The smallest absolute Gasteiger partial charge is 0.217 e. The van der Waals surface area contributed by atoms with Crippen molar-refractivity contribution in [2.45, 2.75) is 318 Å². The van der Waals surface area contributed by atoms with Crippen molar-refractivity contribution in [1.82, 2.24) is 31.9 Å². The van der Waals surface area contributed by atoms with Crippen LogP contribution < -0.4 is 31.9 Å². The number of ether oxygens (including phenoxy) is 17. The molecular formula is C66H110N6O46. The lowest BCUT2D eigenvalue weighted by Crippen LogP contribution is -2.71. The summed E-state index contributed by atoms with van der Waals surface area (Å²) in [5, 5.41) is 271. The van der Waals surface area contributed by atoms with Crippen LogP contribution in [0.4, 0.5) is 0 Å². The molecule has 0 aromatic heterocycles. The van der Waals surface area contributed by atoms with Gasteiger partial charge in [-0.15, -0.1) is 0 Å². The van der Waals surface area contributed by atoms with Gasteiger partial charge >= 0.3 is 0 Å². The number of nitrogens with one attached hydrogen (secondary N) is 6. The molecule has 0 aromatic carbocycles. The molecule has 9 heterocycles. The maximum absolute atomic E-state index is 13.0. The van der Waals surface area contributed by atoms with Gasteiger partial charge in [0, 0.05) is 41.5 Å². The first-order valence-corrected chi connectivity index (χ1v) is 37.6. The number of hydrogen-bond acceptors (Lipinski definition) is 46. The van der Waals surface area contributed by atoms with Gasteiger partial charge in [-0.2, -0.15) is 0 Å². The molecule has 0 bridgehead atoms. The first kappa shape index (κ1) is 97.0. The van der Waals surface area contributed by atoms with Crippen LogP contribution in [0.25, 0.3) is 0 Å². The van der Waals surface area contributed by atoms with Crippen molar-refractivity contribution < 1.29 is 227 Å². The summed E-state index contributed by atoms with van der Waals surface area (Å²) >= 11 is 0. The van der Waals surface area contributed by atoms with Gasteiger partial charge in [0.15, 0.2) is 56.6 Å². The van der Waals surface area contributed by atoms with Crippen molar-refractivity contribution >= 4 is 35.4 Å². The Balaban J connectivity index is 0.896. The third-order valence-corrected chi connectivity index (χ3v) is 21.2. The molecule has 1 unspecified atom stereocenters. The predicted octanol–water partition coefficient (Wildman–Crippen LogP) is -19.8. The van der Waals surface area contributed by atoms with Crippen LogP contribution in [0, 0.1) is 0 Å². The lowest BCUT2D eigenvalue weighted by atomic mass is 9.93. The summed E-state index contributed by atoms with van der Waals surface area (Å²) in [7, 11) is 0. The zero-order chi connectivity index (χ0) is 87.1. The fourth-order valence-corrected chi connectivity index (χ4v) is 15.3. The van der Waals surface area contributed by atoms with Crippen LogP contribution in [-0.4, -0.2) is 488 Å². The van der Waals surface area contributed by atoms with Gasteiger partial charge in [-0.1, -0.05) is 0 Å². The number of carbonyl (C=O) groups is 6. The van der Waals surface area contributed by atoms with Crippen LogP contribution in [0.1, 0.15) is 41.5 Å². The molecule has 9 aliphatic heterocycles. The molecule has 9 fully saturated rings. The quantitative estimate of drug-likeness (QED) is 0.0306. The lowest BCUT2D eigenvalue weighted by Gasteiger charge is -2.51. The highest BCUT2D eigenvalue weighted by Crippen LogP contribution is 2.40. The summed E-state index contributed by atoms with van der Waals surface area (Å²) in [5.41, 5.74) is 0. The zero-order valence-corrected chi connectivity index (χ0v) is 64.0. The van der Waals surface area contributed by atoms with Gasteiger partial charge in [-0.25, -0.2) is 0 Å². The standard InChI is InChI=1S/C66H110N6O46/c1-16(81)67-31-43(93)37(87)22(7-73)104-60(31)112-51-27(12-78)109-59(33(45(51)95)69-18(3)83)102-15-30-42(92)54(36(58(101)103-30)72-21(6)86)115-66-50(100)57(41(91)26(11-77)108-66)118-63-35(71-20(5)85)47(97)53(29(14-80)111-63)114-65-49(99)56(40(90)25(10-76)107-65)117-62-34(70-19(4)84)46(96)52(28(13-79)110-62)113-64-48(98)55(39(89)24(9-75)106-64)116-61-32(68-17(2)82)44(94)38(88)23(8-74)105-61/h22-66,73-80,87-101H,7-15H2,1-6H3,(H,67,81)(H,68,82)(H,69,83)(H,70,84)(H,71,85)(H,72,86)/t22-,23-,24-,25-,26-,27-,28-,29-,30-,31-,32-,33-,34-,35-,36-,37+,38-,39+,40+,41+,42+,43-,44-,45-,46-,47-,48-,49-,50-,51-,52-,53-,54-,55+,56+,57+,58?,59-,60+,61+,62+,63+,64+,65+,66+/m1/s1. The van der Waals surface area contributed by atoms with E-state index < -0.39 is 371 Å². The van der Waals surface area contributed by atoms with Gasteiger partial charge in [0.1, 0.15) is 219 Å². The summed E-state index contributed by atoms with van der Waals surface area (Å²) in [6, 6.07) is -10.6. The minimum atomic E-state index is -2.38. The average Bonchev–Trinajstić information content (AvgIpc) is 0.769. The number of hydrogen-bond donors (Lipinski definition) is 29. The Hall–Kier alpha value is -4.78. The van der Waals surface area contributed by atoms with E-state index in [0.29, 0.717) is 0 Å². The second kappa shape index (κ2) is 42.7. The second-order valence-electron chi connectivity index (χ2n) is 29.6. The van der Waals surface area contributed by atoms with Crippen LogP contribution >= 0.6 is 0 Å². The molecule has 0 aliphatic carbocycles. The first-order valence-electron chi connectivity index (χ1n) is 37.6. The van der Waals surface area contributed by atoms with Crippen LogP contribution in [-0.2, 0) is 109 Å². The van der Waals surface area contributed by atoms with Crippen LogP contribution in [0.15, 0.2) is 0 Å². The molecule has 0 saturated carbocycles. The Labute approximate surface area is 669 Å². The van der Waals surface area contributed by atoms with Crippen LogP contribution in [0.2, 0.25) is 0 Å². The molecule has 0 aromatic rings. The molecule has 9 rings (SSSR count). The zero-order valence-electron chi connectivity index (χ0n) is 64.0. The molecule has 0 radical (unpaired) electrons. The molecule has 52 nitrogen and oxygen atoms in total. The number of aliphatic hydroxyl groups is 23. The fourth-order valence-electron chi connectivity index (χ4n) is 15.3. The normalized spacial score (nSPS) is 46.9. The Morgan fingerprint density at radius 2 is 0.432 bits per heavy atom. The Morgan fingerprint density at radius 1 is 0.220 bits per heavy atom. The van der Waals surface area contributed by atoms with Gasteiger partial charge < -0.3 is 230 Å². The van der Waals surface area contributed by atoms with Crippen molar-refractivity contribution in [3.05, 3.63) is 0 Å². The van der Waals surface area contributed by atoms with Crippen molar-refractivity contribution in [1.29, 1.82) is 0 Å². The molecule has 6 amide bonds. The molecular weight excluding hydrogens is 1610 g/mol. The van der Waals surface area contributed by atoms with Gasteiger partial charge in [0.05, 0.1) is 59.5 Å². The first-order chi connectivity index (χ1) is 55.8. The van der Waals surface area contributed by atoms with Gasteiger partial charge in [0.2, 0.25) is 35.4 Å². The minimum Gasteiger partial charge on any atom is -0.394 e. The maximum Gasteiger partial charge on any atom is 0.217 e. The van der Waals surface area contributed by atoms with E-state index in [1.54, 1.807) is 0 Å².